The van der Waals surface area contributed by atoms with Crippen molar-refractivity contribution >= 4 is 11.8 Å². The summed E-state index contributed by atoms with van der Waals surface area (Å²) in [7, 11) is 0. The molecule has 2 unspecified atom stereocenters. The van der Waals surface area contributed by atoms with Gasteiger partial charge >= 0.3 is 6.18 Å². The molecule has 0 saturated carbocycles. The number of aliphatic hydroxyl groups excluding tert-OH is 1. The van der Waals surface area contributed by atoms with Crippen LogP contribution in [0.15, 0.2) is 0 Å². The van der Waals surface area contributed by atoms with E-state index in [2.05, 4.69) is 5.32 Å². The molecule has 0 aliphatic carbocycles. The second-order valence-electron chi connectivity index (χ2n) is 5.58. The van der Waals surface area contributed by atoms with Gasteiger partial charge in [0.05, 0.1) is 12.5 Å². The van der Waals surface area contributed by atoms with Crippen molar-refractivity contribution in [2.75, 3.05) is 19.6 Å². The van der Waals surface area contributed by atoms with E-state index in [4.69, 9.17) is 5.11 Å². The molecule has 1 saturated heterocycles. The first-order chi connectivity index (χ1) is 9.62. The van der Waals surface area contributed by atoms with Crippen LogP contribution < -0.4 is 5.32 Å². The molecule has 21 heavy (non-hydrogen) atoms. The first-order valence-electron chi connectivity index (χ1n) is 6.94. The molecule has 0 radical (unpaired) electrons. The molecule has 1 rings (SSSR count). The van der Waals surface area contributed by atoms with Crippen molar-refractivity contribution in [2.24, 2.45) is 11.8 Å². The summed E-state index contributed by atoms with van der Waals surface area (Å²) in [6.07, 6.45) is -6.16. The van der Waals surface area contributed by atoms with E-state index in [-0.39, 0.29) is 18.4 Å². The minimum atomic E-state index is -4.75. The van der Waals surface area contributed by atoms with Crippen LogP contribution in [0.25, 0.3) is 0 Å². The second-order valence-corrected chi connectivity index (χ2v) is 5.58. The number of hydrogen-bond acceptors (Lipinski definition) is 3. The molecule has 2 amide bonds. The molecular weight excluding hydrogens is 289 g/mol. The highest BCUT2D eigenvalue weighted by molar-refractivity contribution is 5.82. The number of halogens is 3. The summed E-state index contributed by atoms with van der Waals surface area (Å²) in [4.78, 5) is 25.3. The molecule has 0 bridgehead atoms. The topological polar surface area (TPSA) is 69.6 Å². The van der Waals surface area contributed by atoms with Gasteiger partial charge in [0.15, 0.2) is 6.10 Å². The fourth-order valence-corrected chi connectivity index (χ4v) is 2.21. The monoisotopic (exact) mass is 310 g/mol. The Hall–Kier alpha value is -1.31. The zero-order valence-corrected chi connectivity index (χ0v) is 12.1. The first-order valence-corrected chi connectivity index (χ1v) is 6.94. The highest BCUT2D eigenvalue weighted by atomic mass is 19.4. The maximum absolute atomic E-state index is 12.1. The quantitative estimate of drug-likeness (QED) is 0.811. The summed E-state index contributed by atoms with van der Waals surface area (Å²) < 4.78 is 36.4. The Labute approximate surface area is 121 Å². The van der Waals surface area contributed by atoms with E-state index >= 15 is 0 Å². The fourth-order valence-electron chi connectivity index (χ4n) is 2.21. The van der Waals surface area contributed by atoms with Crippen LogP contribution in [0.1, 0.15) is 26.7 Å². The van der Waals surface area contributed by atoms with Crippen LogP contribution in [0.5, 0.6) is 0 Å². The Kier molecular flexibility index (Phi) is 6.00. The van der Waals surface area contributed by atoms with Gasteiger partial charge in [0.25, 0.3) is 0 Å². The maximum atomic E-state index is 12.1. The Bertz CT molecular complexity index is 385. The Morgan fingerprint density at radius 3 is 2.52 bits per heavy atom. The zero-order chi connectivity index (χ0) is 16.2. The average molecular weight is 310 g/mol. The molecule has 1 heterocycles. The molecule has 8 heteroatoms. The molecular formula is C13H21F3N2O3. The number of aliphatic hydroxyl groups is 1. The van der Waals surface area contributed by atoms with Gasteiger partial charge in [0.1, 0.15) is 0 Å². The molecule has 5 nitrogen and oxygen atoms in total. The van der Waals surface area contributed by atoms with Crippen LogP contribution in [0.4, 0.5) is 13.2 Å². The van der Waals surface area contributed by atoms with E-state index in [1.54, 1.807) is 18.7 Å². The molecule has 1 fully saturated rings. The maximum Gasteiger partial charge on any atom is 0.416 e. The van der Waals surface area contributed by atoms with E-state index in [9.17, 15) is 22.8 Å². The molecule has 2 atom stereocenters. The molecule has 0 aromatic carbocycles. The summed E-state index contributed by atoms with van der Waals surface area (Å²) >= 11 is 0. The second kappa shape index (κ2) is 7.11. The van der Waals surface area contributed by atoms with Gasteiger partial charge < -0.3 is 15.3 Å². The van der Waals surface area contributed by atoms with Gasteiger partial charge in [0, 0.05) is 19.0 Å². The lowest BCUT2D eigenvalue weighted by molar-refractivity contribution is -0.202. The Morgan fingerprint density at radius 2 is 2.00 bits per heavy atom. The molecule has 1 aliphatic heterocycles. The van der Waals surface area contributed by atoms with Crippen LogP contribution in [0.2, 0.25) is 0 Å². The minimum absolute atomic E-state index is 0.0668. The van der Waals surface area contributed by atoms with Crippen molar-refractivity contribution in [3.8, 4) is 0 Å². The number of nitrogens with one attached hydrogen (secondary N) is 1. The average Bonchev–Trinajstić information content (AvgIpc) is 2.42. The van der Waals surface area contributed by atoms with Crippen LogP contribution >= 0.6 is 0 Å². The number of rotatable bonds is 4. The number of likely N-dealkylation sites (tertiary alicyclic amines) is 1. The number of alkyl halides is 3. The summed E-state index contributed by atoms with van der Waals surface area (Å²) in [5, 5.41) is 10.9. The summed E-state index contributed by atoms with van der Waals surface area (Å²) in [6.45, 7) is 3.42. The largest absolute Gasteiger partial charge is 0.416 e. The smallest absolute Gasteiger partial charge is 0.382 e. The Balaban J connectivity index is 2.49. The number of nitrogens with zero attached hydrogens (tertiary/aromatic N) is 1. The third kappa shape index (κ3) is 5.18. The van der Waals surface area contributed by atoms with Gasteiger partial charge in [0.2, 0.25) is 11.8 Å². The lowest BCUT2D eigenvalue weighted by Gasteiger charge is -2.33. The predicted octanol–water partition coefficient (Wildman–Crippen LogP) is 0.920. The standard InChI is InChI=1S/C13H21F3N2O3/c1-8(2)12(21)18-5-3-4-9(7-18)11(20)17-6-10(19)13(14,15)16/h8-10,19H,3-7H2,1-2H3,(H,17,20). The summed E-state index contributed by atoms with van der Waals surface area (Å²) in [5.41, 5.74) is 0. The van der Waals surface area contributed by atoms with Gasteiger partial charge in [-0.1, -0.05) is 13.8 Å². The number of carbonyl (C=O) groups is 2. The normalized spacial score (nSPS) is 21.3. The SMILES string of the molecule is CC(C)C(=O)N1CCCC(C(=O)NCC(O)C(F)(F)F)C1. The minimum Gasteiger partial charge on any atom is -0.382 e. The molecule has 122 valence electrons. The molecule has 0 aromatic rings. The molecule has 2 N–H and O–H groups in total. The Morgan fingerprint density at radius 1 is 1.38 bits per heavy atom. The lowest BCUT2D eigenvalue weighted by Crippen LogP contribution is -2.48. The number of hydrogen-bond donors (Lipinski definition) is 2. The third-order valence-electron chi connectivity index (χ3n) is 3.45. The van der Waals surface area contributed by atoms with Crippen LogP contribution in [0.3, 0.4) is 0 Å². The third-order valence-corrected chi connectivity index (χ3v) is 3.45. The highest BCUT2D eigenvalue weighted by Gasteiger charge is 2.38. The van der Waals surface area contributed by atoms with Crippen molar-refractivity contribution < 1.29 is 27.9 Å². The lowest BCUT2D eigenvalue weighted by atomic mass is 9.96. The van der Waals surface area contributed by atoms with Crippen LogP contribution in [-0.4, -0.2) is 53.7 Å². The van der Waals surface area contributed by atoms with Gasteiger partial charge in [-0.2, -0.15) is 13.2 Å². The van der Waals surface area contributed by atoms with E-state index in [0.717, 1.165) is 0 Å². The van der Waals surface area contributed by atoms with Crippen molar-refractivity contribution in [3.05, 3.63) is 0 Å². The molecule has 0 spiro atoms. The van der Waals surface area contributed by atoms with Gasteiger partial charge in [-0.25, -0.2) is 0 Å². The highest BCUT2D eigenvalue weighted by Crippen LogP contribution is 2.21. The van der Waals surface area contributed by atoms with Crippen LogP contribution in [-0.2, 0) is 9.59 Å². The zero-order valence-electron chi connectivity index (χ0n) is 12.1. The molecule has 1 aliphatic rings. The van der Waals surface area contributed by atoms with Gasteiger partial charge in [-0.05, 0) is 12.8 Å². The number of piperidine rings is 1. The number of carbonyl (C=O) groups excluding carboxylic acids is 2. The molecule has 0 aromatic heterocycles. The summed E-state index contributed by atoms with van der Waals surface area (Å²) in [5.74, 6) is -1.33. The fraction of sp³-hybridized carbons (Fsp3) is 0.846. The van der Waals surface area contributed by atoms with Gasteiger partial charge in [-0.15, -0.1) is 0 Å². The van der Waals surface area contributed by atoms with Crippen molar-refractivity contribution in [1.82, 2.24) is 10.2 Å². The van der Waals surface area contributed by atoms with E-state index in [0.29, 0.717) is 19.4 Å². The van der Waals surface area contributed by atoms with E-state index in [1.165, 1.54) is 0 Å². The van der Waals surface area contributed by atoms with E-state index in [1.807, 2.05) is 0 Å². The number of amides is 2. The first kappa shape index (κ1) is 17.7. The van der Waals surface area contributed by atoms with Crippen molar-refractivity contribution in [2.45, 2.75) is 39.0 Å². The van der Waals surface area contributed by atoms with Crippen molar-refractivity contribution in [3.63, 3.8) is 0 Å². The van der Waals surface area contributed by atoms with E-state index < -0.39 is 30.7 Å². The summed E-state index contributed by atoms with van der Waals surface area (Å²) in [6, 6.07) is 0. The van der Waals surface area contributed by atoms with Crippen molar-refractivity contribution in [1.29, 1.82) is 0 Å². The van der Waals surface area contributed by atoms with Gasteiger partial charge in [-0.3, -0.25) is 9.59 Å². The van der Waals surface area contributed by atoms with Crippen LogP contribution in [0, 0.1) is 11.8 Å². The predicted molar refractivity (Wildman–Crippen MR) is 69.2 cm³/mol.